The zero-order valence-corrected chi connectivity index (χ0v) is 17.1. The molecule has 0 radical (unpaired) electrons. The molecule has 6 heteroatoms. The molecule has 0 bridgehead atoms. The zero-order valence-electron chi connectivity index (χ0n) is 16.4. The summed E-state index contributed by atoms with van der Waals surface area (Å²) in [5, 5.41) is 5.22. The fourth-order valence-corrected chi connectivity index (χ4v) is 3.69. The first-order valence-electron chi connectivity index (χ1n) is 9.71. The van der Waals surface area contributed by atoms with Crippen molar-refractivity contribution in [3.63, 3.8) is 0 Å². The fraction of sp³-hybridized carbons (Fsp3) is 0.167. The van der Waals surface area contributed by atoms with Gasteiger partial charge in [0.05, 0.1) is 18.3 Å². The van der Waals surface area contributed by atoms with E-state index in [1.165, 1.54) is 11.1 Å². The minimum atomic E-state index is -0.622. The molecule has 1 heterocycles. The highest BCUT2D eigenvalue weighted by atomic mass is 35.5. The molecule has 0 saturated carbocycles. The van der Waals surface area contributed by atoms with Gasteiger partial charge in [-0.3, -0.25) is 9.80 Å². The molecule has 0 aromatic heterocycles. The van der Waals surface area contributed by atoms with Crippen molar-refractivity contribution in [2.24, 2.45) is 5.10 Å². The second-order valence-corrected chi connectivity index (χ2v) is 7.26. The second-order valence-electron chi connectivity index (χ2n) is 6.92. The summed E-state index contributed by atoms with van der Waals surface area (Å²) in [6.45, 7) is 2.56. The lowest BCUT2D eigenvalue weighted by molar-refractivity contribution is -0.106. The van der Waals surface area contributed by atoms with E-state index in [2.05, 4.69) is 5.10 Å². The van der Waals surface area contributed by atoms with E-state index in [0.29, 0.717) is 18.7 Å². The van der Waals surface area contributed by atoms with Crippen LogP contribution in [0.4, 0.5) is 10.1 Å². The predicted molar refractivity (Wildman–Crippen MR) is 118 cm³/mol. The number of ether oxygens (including phenoxy) is 1. The van der Waals surface area contributed by atoms with Gasteiger partial charge in [0.2, 0.25) is 0 Å². The third-order valence-electron chi connectivity index (χ3n) is 5.01. The highest BCUT2D eigenvalue weighted by molar-refractivity contribution is 6.82. The molecule has 152 valence electrons. The lowest BCUT2D eigenvalue weighted by Crippen LogP contribution is -2.19. The Kier molecular flexibility index (Phi) is 5.81. The average molecular weight is 423 g/mol. The number of nitrogens with zero attached hydrogens (tertiary/aromatic N) is 2. The summed E-state index contributed by atoms with van der Waals surface area (Å²) in [5.74, 6) is 0.415. The van der Waals surface area contributed by atoms with Crippen molar-refractivity contribution in [3.05, 3.63) is 84.2 Å². The Morgan fingerprint density at radius 3 is 2.57 bits per heavy atom. The SMILES string of the molecule is CCOc1cccc(-c2ccc(C3CC(C(=O)Cl)=NN3c3ccccc3F)cc2)c1. The molecular weight excluding hydrogens is 403 g/mol. The average Bonchev–Trinajstić information content (AvgIpc) is 3.20. The van der Waals surface area contributed by atoms with Crippen molar-refractivity contribution >= 4 is 28.2 Å². The van der Waals surface area contributed by atoms with E-state index in [0.717, 1.165) is 22.4 Å². The van der Waals surface area contributed by atoms with Crippen LogP contribution in [-0.2, 0) is 4.79 Å². The highest BCUT2D eigenvalue weighted by Crippen LogP contribution is 2.37. The lowest BCUT2D eigenvalue weighted by Gasteiger charge is -2.24. The van der Waals surface area contributed by atoms with Crippen LogP contribution < -0.4 is 9.75 Å². The van der Waals surface area contributed by atoms with Gasteiger partial charge in [-0.1, -0.05) is 48.5 Å². The van der Waals surface area contributed by atoms with Crippen LogP contribution in [0, 0.1) is 5.82 Å². The number of rotatable bonds is 6. The first-order chi connectivity index (χ1) is 14.6. The number of para-hydroxylation sites is 1. The van der Waals surface area contributed by atoms with Gasteiger partial charge in [0, 0.05) is 6.42 Å². The van der Waals surface area contributed by atoms with Crippen LogP contribution in [-0.4, -0.2) is 17.6 Å². The zero-order chi connectivity index (χ0) is 21.1. The van der Waals surface area contributed by atoms with Crippen LogP contribution in [0.1, 0.15) is 24.9 Å². The molecule has 1 aliphatic rings. The molecule has 0 spiro atoms. The number of benzene rings is 3. The van der Waals surface area contributed by atoms with Gasteiger partial charge in [-0.05, 0) is 59.5 Å². The summed E-state index contributed by atoms with van der Waals surface area (Å²) >= 11 is 5.67. The normalized spacial score (nSPS) is 15.8. The molecule has 1 unspecified atom stereocenters. The number of carbonyl (C=O) groups is 1. The van der Waals surface area contributed by atoms with E-state index in [9.17, 15) is 9.18 Å². The quantitative estimate of drug-likeness (QED) is 0.460. The van der Waals surface area contributed by atoms with Crippen LogP contribution >= 0.6 is 11.6 Å². The van der Waals surface area contributed by atoms with E-state index < -0.39 is 11.1 Å². The Morgan fingerprint density at radius 2 is 1.87 bits per heavy atom. The van der Waals surface area contributed by atoms with Gasteiger partial charge < -0.3 is 4.74 Å². The molecule has 1 atom stereocenters. The van der Waals surface area contributed by atoms with E-state index >= 15 is 0 Å². The summed E-state index contributed by atoms with van der Waals surface area (Å²) in [5.41, 5.74) is 3.52. The minimum Gasteiger partial charge on any atom is -0.494 e. The third-order valence-corrected chi connectivity index (χ3v) is 5.23. The fourth-order valence-electron chi connectivity index (χ4n) is 3.58. The number of halogens is 2. The number of hydrogen-bond acceptors (Lipinski definition) is 4. The molecule has 0 N–H and O–H groups in total. The van der Waals surface area contributed by atoms with E-state index in [4.69, 9.17) is 16.3 Å². The first kappa shape index (κ1) is 20.1. The van der Waals surface area contributed by atoms with E-state index in [1.807, 2.05) is 55.5 Å². The van der Waals surface area contributed by atoms with Gasteiger partial charge in [0.15, 0.2) is 0 Å². The summed E-state index contributed by atoms with van der Waals surface area (Å²) < 4.78 is 20.0. The standard InChI is InChI=1S/C24H20ClFN2O2/c1-2-30-19-7-5-6-18(14-19)16-10-12-17(13-11-16)23-15-21(24(25)29)27-28(23)22-9-4-3-8-20(22)26/h3-14,23H,2,15H2,1H3. The van der Waals surface area contributed by atoms with Crippen LogP contribution in [0.15, 0.2) is 77.9 Å². The highest BCUT2D eigenvalue weighted by Gasteiger charge is 2.33. The Hall–Kier alpha value is -3.18. The van der Waals surface area contributed by atoms with Gasteiger partial charge in [0.25, 0.3) is 5.24 Å². The Balaban J connectivity index is 1.65. The van der Waals surface area contributed by atoms with Crippen LogP contribution in [0.5, 0.6) is 5.75 Å². The Morgan fingerprint density at radius 1 is 1.10 bits per heavy atom. The molecule has 0 fully saturated rings. The van der Waals surface area contributed by atoms with Crippen LogP contribution in [0.25, 0.3) is 11.1 Å². The smallest absolute Gasteiger partial charge is 0.268 e. The van der Waals surface area contributed by atoms with Crippen molar-refractivity contribution in [1.29, 1.82) is 0 Å². The molecule has 0 amide bonds. The molecule has 0 saturated heterocycles. The predicted octanol–water partition coefficient (Wildman–Crippen LogP) is 5.96. The molecule has 4 rings (SSSR count). The largest absolute Gasteiger partial charge is 0.494 e. The number of hydrazone groups is 1. The van der Waals surface area contributed by atoms with Crippen LogP contribution in [0.3, 0.4) is 0 Å². The minimum absolute atomic E-state index is 0.221. The molecular formula is C24H20ClFN2O2. The number of carbonyl (C=O) groups excluding carboxylic acids is 1. The maximum absolute atomic E-state index is 14.4. The summed E-state index contributed by atoms with van der Waals surface area (Å²) in [6.07, 6.45) is 0.315. The van der Waals surface area contributed by atoms with Gasteiger partial charge in [0.1, 0.15) is 17.3 Å². The van der Waals surface area contributed by atoms with Gasteiger partial charge in [-0.2, -0.15) is 5.10 Å². The summed E-state index contributed by atoms with van der Waals surface area (Å²) in [4.78, 5) is 11.7. The molecule has 0 aliphatic carbocycles. The molecule has 30 heavy (non-hydrogen) atoms. The maximum Gasteiger partial charge on any atom is 0.268 e. The number of anilines is 1. The van der Waals surface area contributed by atoms with Gasteiger partial charge in [-0.15, -0.1) is 0 Å². The lowest BCUT2D eigenvalue weighted by atomic mass is 9.98. The van der Waals surface area contributed by atoms with Gasteiger partial charge in [-0.25, -0.2) is 4.39 Å². The summed E-state index contributed by atoms with van der Waals surface area (Å²) in [6, 6.07) is 21.9. The molecule has 4 nitrogen and oxygen atoms in total. The van der Waals surface area contributed by atoms with Crippen molar-refractivity contribution in [2.75, 3.05) is 11.6 Å². The van der Waals surface area contributed by atoms with Crippen molar-refractivity contribution < 1.29 is 13.9 Å². The molecule has 3 aromatic rings. The third kappa shape index (κ3) is 4.07. The monoisotopic (exact) mass is 422 g/mol. The maximum atomic E-state index is 14.4. The second kappa shape index (κ2) is 8.67. The van der Waals surface area contributed by atoms with Crippen molar-refractivity contribution in [3.8, 4) is 16.9 Å². The number of hydrogen-bond donors (Lipinski definition) is 0. The molecule has 1 aliphatic heterocycles. The topological polar surface area (TPSA) is 41.9 Å². The van der Waals surface area contributed by atoms with E-state index in [-0.39, 0.29) is 11.8 Å². The Bertz CT molecular complexity index is 1100. The van der Waals surface area contributed by atoms with Crippen molar-refractivity contribution in [1.82, 2.24) is 0 Å². The van der Waals surface area contributed by atoms with Gasteiger partial charge >= 0.3 is 0 Å². The van der Waals surface area contributed by atoms with E-state index in [1.54, 1.807) is 18.2 Å². The summed E-state index contributed by atoms with van der Waals surface area (Å²) in [7, 11) is 0. The van der Waals surface area contributed by atoms with Crippen LogP contribution in [0.2, 0.25) is 0 Å². The Labute approximate surface area is 179 Å². The van der Waals surface area contributed by atoms with Crippen molar-refractivity contribution in [2.45, 2.75) is 19.4 Å². The molecule has 3 aromatic carbocycles. The first-order valence-corrected chi connectivity index (χ1v) is 10.1.